The minimum Gasteiger partial charge on any atom is -0.506 e. The molecule has 102 valence electrons. The van der Waals surface area contributed by atoms with Crippen LogP contribution in [0.25, 0.3) is 11.0 Å². The van der Waals surface area contributed by atoms with Crippen LogP contribution in [0.1, 0.15) is 12.2 Å². The Kier molecular flexibility index (Phi) is 3.09. The van der Waals surface area contributed by atoms with Gasteiger partial charge in [0, 0.05) is 6.54 Å². The number of aromatic nitrogens is 2. The number of aromatic hydroxyl groups is 1. The summed E-state index contributed by atoms with van der Waals surface area (Å²) in [7, 11) is 0. The number of para-hydroxylation sites is 1. The van der Waals surface area contributed by atoms with Crippen LogP contribution in [0, 0.1) is 0 Å². The van der Waals surface area contributed by atoms with Crippen LogP contribution in [0.2, 0.25) is 0 Å². The Labute approximate surface area is 104 Å². The highest BCUT2D eigenvalue weighted by molar-refractivity contribution is 5.82. The van der Waals surface area contributed by atoms with Gasteiger partial charge < -0.3 is 14.8 Å². The normalized spacial score (nSPS) is 11.9. The number of hydrogen-bond acceptors (Lipinski definition) is 3. The van der Waals surface area contributed by atoms with E-state index in [1.165, 1.54) is 18.2 Å². The molecule has 0 aliphatic heterocycles. The van der Waals surface area contributed by atoms with E-state index in [1.54, 1.807) is 0 Å². The van der Waals surface area contributed by atoms with Gasteiger partial charge in [-0.3, -0.25) is 4.79 Å². The predicted octanol–water partition coefficient (Wildman–Crippen LogP) is 2.24. The lowest BCUT2D eigenvalue weighted by atomic mass is 10.3. The summed E-state index contributed by atoms with van der Waals surface area (Å²) >= 11 is 0. The van der Waals surface area contributed by atoms with E-state index in [-0.39, 0.29) is 16.8 Å². The maximum Gasteiger partial charge on any atom is 0.449 e. The van der Waals surface area contributed by atoms with Crippen molar-refractivity contribution in [2.24, 2.45) is 0 Å². The van der Waals surface area contributed by atoms with Crippen molar-refractivity contribution >= 4 is 17.0 Å². The standard InChI is InChI=1S/C11H9F3N2O3/c12-11(13,14)10-15-6-2-1-3-7(17)9(6)16(10)5-4-8(18)19/h1-3,17H,4-5H2,(H,18,19). The minimum absolute atomic E-state index is 0.0299. The Morgan fingerprint density at radius 2 is 2.05 bits per heavy atom. The molecule has 8 heteroatoms. The highest BCUT2D eigenvalue weighted by Gasteiger charge is 2.38. The Hall–Kier alpha value is -2.25. The van der Waals surface area contributed by atoms with Crippen LogP contribution in [0.4, 0.5) is 13.2 Å². The first-order valence-corrected chi connectivity index (χ1v) is 5.28. The van der Waals surface area contributed by atoms with Gasteiger partial charge in [0.15, 0.2) is 0 Å². The highest BCUT2D eigenvalue weighted by atomic mass is 19.4. The van der Waals surface area contributed by atoms with E-state index in [0.29, 0.717) is 4.57 Å². The number of fused-ring (bicyclic) bond motifs is 1. The van der Waals surface area contributed by atoms with E-state index in [1.807, 2.05) is 0 Å². The number of carbonyl (C=O) groups is 1. The number of rotatable bonds is 3. The maximum absolute atomic E-state index is 12.8. The molecule has 0 aliphatic carbocycles. The first-order chi connectivity index (χ1) is 8.80. The second-order valence-corrected chi connectivity index (χ2v) is 3.87. The second-order valence-electron chi connectivity index (χ2n) is 3.87. The molecule has 0 aliphatic rings. The van der Waals surface area contributed by atoms with E-state index in [4.69, 9.17) is 5.11 Å². The van der Waals surface area contributed by atoms with Crippen molar-refractivity contribution in [3.05, 3.63) is 24.0 Å². The van der Waals surface area contributed by atoms with Gasteiger partial charge in [-0.25, -0.2) is 4.98 Å². The third kappa shape index (κ3) is 2.47. The van der Waals surface area contributed by atoms with Gasteiger partial charge in [-0.05, 0) is 12.1 Å². The number of carboxylic acids is 1. The topological polar surface area (TPSA) is 75.3 Å². The molecule has 19 heavy (non-hydrogen) atoms. The maximum atomic E-state index is 12.8. The first kappa shape index (κ1) is 13.2. The number of hydrogen-bond donors (Lipinski definition) is 2. The van der Waals surface area contributed by atoms with Gasteiger partial charge in [0.05, 0.1) is 11.9 Å². The fraction of sp³-hybridized carbons (Fsp3) is 0.273. The summed E-state index contributed by atoms with van der Waals surface area (Å²) in [5.74, 6) is -2.82. The van der Waals surface area contributed by atoms with Crippen molar-refractivity contribution in [3.8, 4) is 5.75 Å². The lowest BCUT2D eigenvalue weighted by molar-refractivity contribution is -0.148. The molecule has 0 fully saturated rings. The Morgan fingerprint density at radius 1 is 1.37 bits per heavy atom. The smallest absolute Gasteiger partial charge is 0.449 e. The summed E-state index contributed by atoms with van der Waals surface area (Å²) < 4.78 is 39.2. The number of phenolic OH excluding ortho intramolecular Hbond substituents is 1. The molecule has 0 bridgehead atoms. The average Bonchev–Trinajstić information content (AvgIpc) is 2.66. The zero-order valence-electron chi connectivity index (χ0n) is 9.48. The van der Waals surface area contributed by atoms with E-state index in [0.717, 1.165) is 0 Å². The van der Waals surface area contributed by atoms with Crippen LogP contribution in [0.3, 0.4) is 0 Å². The zero-order valence-corrected chi connectivity index (χ0v) is 9.48. The second kappa shape index (κ2) is 4.45. The van der Waals surface area contributed by atoms with Crippen molar-refractivity contribution in [2.75, 3.05) is 0 Å². The molecule has 0 saturated heterocycles. The molecule has 0 amide bonds. The molecular formula is C11H9F3N2O3. The molecule has 0 spiro atoms. The SMILES string of the molecule is O=C(O)CCn1c(C(F)(F)F)nc2cccc(O)c21. The van der Waals surface area contributed by atoms with E-state index in [2.05, 4.69) is 4.98 Å². The van der Waals surface area contributed by atoms with E-state index >= 15 is 0 Å². The summed E-state index contributed by atoms with van der Waals surface area (Å²) in [6.45, 7) is -0.418. The van der Waals surface area contributed by atoms with Crippen LogP contribution < -0.4 is 0 Å². The largest absolute Gasteiger partial charge is 0.506 e. The number of alkyl halides is 3. The number of aryl methyl sites for hydroxylation is 1. The van der Waals surface area contributed by atoms with Gasteiger partial charge in [0.1, 0.15) is 11.3 Å². The first-order valence-electron chi connectivity index (χ1n) is 5.28. The number of phenols is 1. The van der Waals surface area contributed by atoms with E-state index < -0.39 is 30.9 Å². The molecular weight excluding hydrogens is 265 g/mol. The quantitative estimate of drug-likeness (QED) is 0.900. The highest BCUT2D eigenvalue weighted by Crippen LogP contribution is 2.34. The fourth-order valence-electron chi connectivity index (χ4n) is 1.81. The molecule has 1 aromatic carbocycles. The van der Waals surface area contributed by atoms with Crippen LogP contribution in [0.5, 0.6) is 5.75 Å². The van der Waals surface area contributed by atoms with Crippen molar-refractivity contribution in [3.63, 3.8) is 0 Å². The number of imidazole rings is 1. The summed E-state index contributed by atoms with van der Waals surface area (Å²) in [4.78, 5) is 13.9. The van der Waals surface area contributed by atoms with Gasteiger partial charge in [-0.1, -0.05) is 6.07 Å². The molecule has 2 rings (SSSR count). The number of nitrogens with zero attached hydrogens (tertiary/aromatic N) is 2. The Balaban J connectivity index is 2.64. The summed E-state index contributed by atoms with van der Waals surface area (Å²) in [5.41, 5.74) is -0.145. The number of aliphatic carboxylic acids is 1. The van der Waals surface area contributed by atoms with Gasteiger partial charge in [0.25, 0.3) is 0 Å². The molecule has 2 N–H and O–H groups in total. The van der Waals surface area contributed by atoms with Crippen molar-refractivity contribution in [1.82, 2.24) is 9.55 Å². The molecule has 1 heterocycles. The third-order valence-electron chi connectivity index (χ3n) is 2.55. The lowest BCUT2D eigenvalue weighted by Gasteiger charge is -2.10. The van der Waals surface area contributed by atoms with Crippen LogP contribution >= 0.6 is 0 Å². The molecule has 2 aromatic rings. The minimum atomic E-state index is -4.72. The predicted molar refractivity (Wildman–Crippen MR) is 58.7 cm³/mol. The Bertz CT molecular complexity index is 634. The average molecular weight is 274 g/mol. The van der Waals surface area contributed by atoms with Gasteiger partial charge in [0.2, 0.25) is 5.82 Å². The number of halogens is 3. The summed E-state index contributed by atoms with van der Waals surface area (Å²) in [5, 5.41) is 18.2. The monoisotopic (exact) mass is 274 g/mol. The Morgan fingerprint density at radius 3 is 2.63 bits per heavy atom. The summed E-state index contributed by atoms with van der Waals surface area (Å²) in [6.07, 6.45) is -5.22. The van der Waals surface area contributed by atoms with Crippen molar-refractivity contribution in [1.29, 1.82) is 0 Å². The van der Waals surface area contributed by atoms with Crippen LogP contribution in [0.15, 0.2) is 18.2 Å². The molecule has 0 atom stereocenters. The molecule has 1 aromatic heterocycles. The zero-order chi connectivity index (χ0) is 14.2. The number of benzene rings is 1. The molecule has 0 saturated carbocycles. The van der Waals surface area contributed by atoms with Crippen LogP contribution in [-0.4, -0.2) is 25.7 Å². The summed E-state index contributed by atoms with van der Waals surface area (Å²) in [6, 6.07) is 3.91. The van der Waals surface area contributed by atoms with Crippen LogP contribution in [-0.2, 0) is 17.5 Å². The van der Waals surface area contributed by atoms with E-state index in [9.17, 15) is 23.1 Å². The fourth-order valence-corrected chi connectivity index (χ4v) is 1.81. The molecule has 0 unspecified atom stereocenters. The van der Waals surface area contributed by atoms with Crippen molar-refractivity contribution < 1.29 is 28.2 Å². The van der Waals surface area contributed by atoms with Crippen molar-refractivity contribution in [2.45, 2.75) is 19.1 Å². The third-order valence-corrected chi connectivity index (χ3v) is 2.55. The van der Waals surface area contributed by atoms with Gasteiger partial charge in [-0.2, -0.15) is 13.2 Å². The number of carboxylic acid groups (broad SMARTS) is 1. The lowest BCUT2D eigenvalue weighted by Crippen LogP contribution is -2.16. The van der Waals surface area contributed by atoms with Gasteiger partial charge in [-0.15, -0.1) is 0 Å². The molecule has 0 radical (unpaired) electrons. The molecule has 5 nitrogen and oxygen atoms in total. The van der Waals surface area contributed by atoms with Gasteiger partial charge >= 0.3 is 12.1 Å².